The molecule has 0 aliphatic heterocycles. The molecule has 0 bridgehead atoms. The first-order chi connectivity index (χ1) is 9.63. The van der Waals surface area contributed by atoms with E-state index in [1.807, 2.05) is 0 Å². The summed E-state index contributed by atoms with van der Waals surface area (Å²) in [5.41, 5.74) is 0.325. The van der Waals surface area contributed by atoms with Gasteiger partial charge >= 0.3 is 0 Å². The Morgan fingerprint density at radius 2 is 2.30 bits per heavy atom. The van der Waals surface area contributed by atoms with Gasteiger partial charge < -0.3 is 5.32 Å². The van der Waals surface area contributed by atoms with Crippen molar-refractivity contribution in [2.24, 2.45) is 0 Å². The molecular formula is C11H13ClN6O2. The number of hydrogen-bond donors (Lipinski definition) is 1. The van der Waals surface area contributed by atoms with Crippen molar-refractivity contribution in [2.45, 2.75) is 19.9 Å². The smallest absolute Gasteiger partial charge is 0.290 e. The number of benzene rings is 1. The summed E-state index contributed by atoms with van der Waals surface area (Å²) in [5, 5.41) is 25.5. The van der Waals surface area contributed by atoms with Crippen molar-refractivity contribution in [2.75, 3.05) is 6.54 Å². The minimum absolute atomic E-state index is 0.0810. The molecule has 2 aromatic rings. The molecule has 20 heavy (non-hydrogen) atoms. The van der Waals surface area contributed by atoms with Gasteiger partial charge in [-0.15, -0.1) is 5.10 Å². The van der Waals surface area contributed by atoms with Gasteiger partial charge in [-0.2, -0.15) is 4.68 Å². The van der Waals surface area contributed by atoms with Crippen LogP contribution in [0.3, 0.4) is 0 Å². The number of nitrogens with zero attached hydrogens (tertiary/aromatic N) is 5. The van der Waals surface area contributed by atoms with Crippen LogP contribution >= 0.6 is 11.6 Å². The maximum atomic E-state index is 10.9. The molecule has 0 saturated carbocycles. The maximum absolute atomic E-state index is 10.9. The normalized spacial score (nSPS) is 10.7. The number of nitro benzene ring substituents is 1. The molecule has 9 heteroatoms. The molecule has 0 spiro atoms. The summed E-state index contributed by atoms with van der Waals surface area (Å²) in [4.78, 5) is 10.4. The standard InChI is InChI=1S/C11H13ClN6O2/c1-2-5-13-7-11-14-15-16-17(11)8-3-4-9(12)10(6-8)18(19)20/h3-4,6,13H,2,5,7H2,1H3. The summed E-state index contributed by atoms with van der Waals surface area (Å²) < 4.78 is 1.45. The first-order valence-electron chi connectivity index (χ1n) is 6.05. The first kappa shape index (κ1) is 14.4. The number of nitro groups is 1. The van der Waals surface area contributed by atoms with Crippen LogP contribution in [0.4, 0.5) is 5.69 Å². The molecule has 0 radical (unpaired) electrons. The summed E-state index contributed by atoms with van der Waals surface area (Å²) >= 11 is 5.78. The Morgan fingerprint density at radius 3 is 3.00 bits per heavy atom. The van der Waals surface area contributed by atoms with Gasteiger partial charge in [-0.3, -0.25) is 10.1 Å². The summed E-state index contributed by atoms with van der Waals surface area (Å²) in [6.45, 7) is 3.38. The van der Waals surface area contributed by atoms with Crippen LogP contribution in [-0.4, -0.2) is 31.7 Å². The van der Waals surface area contributed by atoms with Crippen molar-refractivity contribution in [3.8, 4) is 5.69 Å². The van der Waals surface area contributed by atoms with E-state index in [4.69, 9.17) is 11.6 Å². The molecule has 106 valence electrons. The molecule has 0 unspecified atom stereocenters. The topological polar surface area (TPSA) is 98.8 Å². The zero-order valence-electron chi connectivity index (χ0n) is 10.8. The molecule has 1 aromatic heterocycles. The Kier molecular flexibility index (Phi) is 4.59. The predicted octanol–water partition coefficient (Wildman–Crippen LogP) is 1.72. The van der Waals surface area contributed by atoms with Crippen molar-refractivity contribution in [3.63, 3.8) is 0 Å². The van der Waals surface area contributed by atoms with Crippen LogP contribution in [0.15, 0.2) is 18.2 Å². The van der Waals surface area contributed by atoms with Gasteiger partial charge in [0.1, 0.15) is 5.02 Å². The van der Waals surface area contributed by atoms with Crippen molar-refractivity contribution < 1.29 is 4.92 Å². The number of rotatable bonds is 6. The zero-order valence-corrected chi connectivity index (χ0v) is 11.5. The van der Waals surface area contributed by atoms with Gasteiger partial charge in [-0.25, -0.2) is 0 Å². The third-order valence-electron chi connectivity index (χ3n) is 2.61. The minimum atomic E-state index is -0.537. The SMILES string of the molecule is CCCNCc1nnnn1-c1ccc(Cl)c([N+](=O)[O-])c1. The van der Waals surface area contributed by atoms with Gasteiger partial charge in [0.05, 0.1) is 17.2 Å². The van der Waals surface area contributed by atoms with Gasteiger partial charge in [0.2, 0.25) is 0 Å². The molecule has 2 rings (SSSR count). The largest absolute Gasteiger partial charge is 0.310 e. The molecule has 0 aliphatic carbocycles. The number of halogens is 1. The van der Waals surface area contributed by atoms with Gasteiger partial charge in [-0.05, 0) is 35.5 Å². The number of tetrazole rings is 1. The third kappa shape index (κ3) is 3.09. The third-order valence-corrected chi connectivity index (χ3v) is 2.93. The van der Waals surface area contributed by atoms with Gasteiger partial charge in [0.25, 0.3) is 5.69 Å². The summed E-state index contributed by atoms with van der Waals surface area (Å²) in [7, 11) is 0. The second-order valence-electron chi connectivity index (χ2n) is 4.08. The van der Waals surface area contributed by atoms with Crippen LogP contribution in [-0.2, 0) is 6.54 Å². The average Bonchev–Trinajstić information content (AvgIpc) is 2.88. The van der Waals surface area contributed by atoms with E-state index >= 15 is 0 Å². The Balaban J connectivity index is 2.30. The maximum Gasteiger partial charge on any atom is 0.290 e. The van der Waals surface area contributed by atoms with Gasteiger partial charge in [0.15, 0.2) is 5.82 Å². The highest BCUT2D eigenvalue weighted by molar-refractivity contribution is 6.32. The van der Waals surface area contributed by atoms with Crippen LogP contribution in [0, 0.1) is 10.1 Å². The van der Waals surface area contributed by atoms with Crippen LogP contribution < -0.4 is 5.32 Å². The van der Waals surface area contributed by atoms with Crippen molar-refractivity contribution in [3.05, 3.63) is 39.2 Å². The molecule has 0 aliphatic rings. The van der Waals surface area contributed by atoms with E-state index in [1.54, 1.807) is 6.07 Å². The van der Waals surface area contributed by atoms with Crippen LogP contribution in [0.5, 0.6) is 0 Å². The van der Waals surface area contributed by atoms with E-state index in [9.17, 15) is 10.1 Å². The average molecular weight is 297 g/mol. The van der Waals surface area contributed by atoms with Gasteiger partial charge in [0, 0.05) is 6.07 Å². The van der Waals surface area contributed by atoms with Crippen LogP contribution in [0.2, 0.25) is 5.02 Å². The number of hydrogen-bond acceptors (Lipinski definition) is 6. The minimum Gasteiger partial charge on any atom is -0.310 e. The molecule has 0 fully saturated rings. The lowest BCUT2D eigenvalue weighted by Gasteiger charge is -2.05. The van der Waals surface area contributed by atoms with Crippen molar-refractivity contribution in [1.29, 1.82) is 0 Å². The molecule has 1 N–H and O–H groups in total. The van der Waals surface area contributed by atoms with E-state index in [0.29, 0.717) is 18.1 Å². The lowest BCUT2D eigenvalue weighted by Crippen LogP contribution is -2.17. The monoisotopic (exact) mass is 296 g/mol. The highest BCUT2D eigenvalue weighted by Crippen LogP contribution is 2.26. The number of nitrogens with one attached hydrogen (secondary N) is 1. The molecule has 1 aromatic carbocycles. The molecular weight excluding hydrogens is 284 g/mol. The molecule has 8 nitrogen and oxygen atoms in total. The quantitative estimate of drug-likeness (QED) is 0.495. The fraction of sp³-hybridized carbons (Fsp3) is 0.364. The molecule has 0 saturated heterocycles. The summed E-state index contributed by atoms with van der Waals surface area (Å²) in [6, 6.07) is 4.44. The summed E-state index contributed by atoms with van der Waals surface area (Å²) in [5.74, 6) is 0.579. The molecule has 1 heterocycles. The Bertz CT molecular complexity index is 615. The first-order valence-corrected chi connectivity index (χ1v) is 6.43. The Hall–Kier alpha value is -2.06. The van der Waals surface area contributed by atoms with E-state index in [-0.39, 0.29) is 10.7 Å². The predicted molar refractivity (Wildman–Crippen MR) is 72.8 cm³/mol. The van der Waals surface area contributed by atoms with Crippen LogP contribution in [0.25, 0.3) is 5.69 Å². The number of aromatic nitrogens is 4. The van der Waals surface area contributed by atoms with E-state index in [0.717, 1.165) is 13.0 Å². The highest BCUT2D eigenvalue weighted by atomic mass is 35.5. The Morgan fingerprint density at radius 1 is 1.50 bits per heavy atom. The van der Waals surface area contributed by atoms with E-state index in [2.05, 4.69) is 27.8 Å². The van der Waals surface area contributed by atoms with Crippen molar-refractivity contribution in [1.82, 2.24) is 25.5 Å². The van der Waals surface area contributed by atoms with Gasteiger partial charge in [-0.1, -0.05) is 18.5 Å². The fourth-order valence-electron chi connectivity index (χ4n) is 1.67. The summed E-state index contributed by atoms with van der Waals surface area (Å²) in [6.07, 6.45) is 0.994. The van der Waals surface area contributed by atoms with E-state index < -0.39 is 4.92 Å². The highest BCUT2D eigenvalue weighted by Gasteiger charge is 2.16. The Labute approximate surface area is 119 Å². The second-order valence-corrected chi connectivity index (χ2v) is 4.48. The van der Waals surface area contributed by atoms with Crippen molar-refractivity contribution >= 4 is 17.3 Å². The zero-order chi connectivity index (χ0) is 14.5. The molecule has 0 atom stereocenters. The second kappa shape index (κ2) is 6.40. The molecule has 0 amide bonds. The van der Waals surface area contributed by atoms with E-state index in [1.165, 1.54) is 16.8 Å². The lowest BCUT2D eigenvalue weighted by atomic mass is 10.3. The van der Waals surface area contributed by atoms with Crippen LogP contribution in [0.1, 0.15) is 19.2 Å². The fourth-order valence-corrected chi connectivity index (χ4v) is 1.85. The lowest BCUT2D eigenvalue weighted by molar-refractivity contribution is -0.384.